The molecule has 3 nitrogen and oxygen atoms in total. The Morgan fingerprint density at radius 3 is 2.57 bits per heavy atom. The fraction of sp³-hybridized carbons (Fsp3) is 0.667. The number of aliphatic hydroxyl groups is 1. The van der Waals surface area contributed by atoms with Crippen molar-refractivity contribution < 1.29 is 5.11 Å². The molecule has 0 saturated carbocycles. The third-order valence-electron chi connectivity index (χ3n) is 4.95. The smallest absolute Gasteiger partial charge is 0.0917 e. The van der Waals surface area contributed by atoms with Crippen LogP contribution in [-0.2, 0) is 0 Å². The van der Waals surface area contributed by atoms with Crippen LogP contribution in [-0.4, -0.2) is 53.7 Å². The van der Waals surface area contributed by atoms with Gasteiger partial charge in [0, 0.05) is 19.1 Å². The molecule has 2 saturated heterocycles. The Labute approximate surface area is 128 Å². The number of rotatable bonds is 3. The van der Waals surface area contributed by atoms with E-state index in [0.717, 1.165) is 31.2 Å². The number of aryl methyl sites for hydroxylation is 2. The van der Waals surface area contributed by atoms with Gasteiger partial charge in [0.15, 0.2) is 0 Å². The van der Waals surface area contributed by atoms with Gasteiger partial charge in [0.05, 0.1) is 6.10 Å². The molecule has 0 amide bonds. The molecule has 21 heavy (non-hydrogen) atoms. The van der Waals surface area contributed by atoms with Gasteiger partial charge in [0.2, 0.25) is 0 Å². The van der Waals surface area contributed by atoms with E-state index in [0.29, 0.717) is 0 Å². The second kappa shape index (κ2) is 6.47. The molecule has 0 aliphatic carbocycles. The van der Waals surface area contributed by atoms with Crippen molar-refractivity contribution in [2.45, 2.75) is 45.3 Å². The average Bonchev–Trinajstić information content (AvgIpc) is 2.76. The maximum absolute atomic E-state index is 10.6. The molecule has 1 aromatic rings. The maximum Gasteiger partial charge on any atom is 0.0917 e. The van der Waals surface area contributed by atoms with Gasteiger partial charge in [0.1, 0.15) is 0 Å². The van der Waals surface area contributed by atoms with Crippen LogP contribution in [0.2, 0.25) is 0 Å². The van der Waals surface area contributed by atoms with Gasteiger partial charge in [-0.1, -0.05) is 29.3 Å². The first-order chi connectivity index (χ1) is 10.1. The van der Waals surface area contributed by atoms with E-state index in [9.17, 15) is 5.11 Å². The lowest BCUT2D eigenvalue weighted by atomic mass is 10.0. The summed E-state index contributed by atoms with van der Waals surface area (Å²) < 4.78 is 0. The fourth-order valence-corrected chi connectivity index (χ4v) is 4.00. The Kier molecular flexibility index (Phi) is 4.63. The van der Waals surface area contributed by atoms with Gasteiger partial charge >= 0.3 is 0 Å². The minimum absolute atomic E-state index is 0.364. The van der Waals surface area contributed by atoms with Crippen LogP contribution in [0.15, 0.2) is 18.2 Å². The number of fused-ring (bicyclic) bond motifs is 1. The first-order valence-corrected chi connectivity index (χ1v) is 8.34. The third kappa shape index (κ3) is 3.65. The van der Waals surface area contributed by atoms with Crippen LogP contribution in [0.25, 0.3) is 0 Å². The van der Waals surface area contributed by atoms with Crippen molar-refractivity contribution >= 4 is 0 Å². The van der Waals surface area contributed by atoms with E-state index >= 15 is 0 Å². The third-order valence-corrected chi connectivity index (χ3v) is 4.95. The van der Waals surface area contributed by atoms with E-state index in [1.165, 1.54) is 43.5 Å². The Morgan fingerprint density at radius 1 is 1.10 bits per heavy atom. The van der Waals surface area contributed by atoms with Gasteiger partial charge in [-0.2, -0.15) is 0 Å². The Morgan fingerprint density at radius 2 is 1.81 bits per heavy atom. The number of hydrogen-bond donors (Lipinski definition) is 1. The highest BCUT2D eigenvalue weighted by Gasteiger charge is 2.29. The summed E-state index contributed by atoms with van der Waals surface area (Å²) in [4.78, 5) is 5.11. The molecule has 0 radical (unpaired) electrons. The Bertz CT molecular complexity index is 468. The van der Waals surface area contributed by atoms with Crippen LogP contribution in [0.4, 0.5) is 0 Å². The van der Waals surface area contributed by atoms with E-state index < -0.39 is 0 Å². The van der Waals surface area contributed by atoms with Crippen molar-refractivity contribution in [3.63, 3.8) is 0 Å². The van der Waals surface area contributed by atoms with Crippen molar-refractivity contribution in [1.29, 1.82) is 0 Å². The predicted molar refractivity (Wildman–Crippen MR) is 86.5 cm³/mol. The minimum atomic E-state index is -0.364. The van der Waals surface area contributed by atoms with E-state index in [4.69, 9.17) is 0 Å². The van der Waals surface area contributed by atoms with Crippen LogP contribution in [0.3, 0.4) is 0 Å². The molecule has 2 unspecified atom stereocenters. The van der Waals surface area contributed by atoms with Crippen molar-refractivity contribution in [3.8, 4) is 0 Å². The average molecular weight is 288 g/mol. The molecule has 3 rings (SSSR count). The second-order valence-electron chi connectivity index (χ2n) is 6.88. The second-order valence-corrected chi connectivity index (χ2v) is 6.88. The van der Waals surface area contributed by atoms with E-state index in [-0.39, 0.29) is 6.10 Å². The highest BCUT2D eigenvalue weighted by Crippen LogP contribution is 2.23. The van der Waals surface area contributed by atoms with Crippen LogP contribution in [0.1, 0.15) is 42.1 Å². The molecule has 1 N–H and O–H groups in total. The van der Waals surface area contributed by atoms with E-state index in [2.05, 4.69) is 41.8 Å². The molecular formula is C18H28N2O. The molecule has 0 spiro atoms. The zero-order chi connectivity index (χ0) is 14.8. The number of nitrogens with zero attached hydrogens (tertiary/aromatic N) is 2. The Hall–Kier alpha value is -0.900. The molecule has 2 aliphatic rings. The highest BCUT2D eigenvalue weighted by atomic mass is 16.3. The Balaban J connectivity index is 1.64. The van der Waals surface area contributed by atoms with Gasteiger partial charge in [-0.15, -0.1) is 0 Å². The standard InChI is InChI=1S/C18H28N2O/c1-14-9-15(2)11-16(10-14)18(21)13-19-6-4-8-20-7-3-5-17(20)12-19/h9-11,17-18,21H,3-8,12-13H2,1-2H3. The maximum atomic E-state index is 10.6. The van der Waals surface area contributed by atoms with Crippen LogP contribution in [0, 0.1) is 13.8 Å². The topological polar surface area (TPSA) is 26.7 Å². The van der Waals surface area contributed by atoms with Crippen molar-refractivity contribution in [3.05, 3.63) is 34.9 Å². The van der Waals surface area contributed by atoms with Gasteiger partial charge in [-0.05, 0) is 58.3 Å². The fourth-order valence-electron chi connectivity index (χ4n) is 4.00. The first kappa shape index (κ1) is 15.0. The lowest BCUT2D eigenvalue weighted by molar-refractivity contribution is 0.108. The molecule has 2 heterocycles. The quantitative estimate of drug-likeness (QED) is 0.926. The van der Waals surface area contributed by atoms with Crippen LogP contribution < -0.4 is 0 Å². The van der Waals surface area contributed by atoms with E-state index in [1.807, 2.05) is 0 Å². The van der Waals surface area contributed by atoms with Gasteiger partial charge < -0.3 is 5.11 Å². The van der Waals surface area contributed by atoms with Gasteiger partial charge in [0.25, 0.3) is 0 Å². The first-order valence-electron chi connectivity index (χ1n) is 8.34. The van der Waals surface area contributed by atoms with E-state index in [1.54, 1.807) is 0 Å². The molecule has 0 aromatic heterocycles. The molecule has 3 heteroatoms. The molecule has 2 fully saturated rings. The number of benzene rings is 1. The number of aliphatic hydroxyl groups excluding tert-OH is 1. The predicted octanol–water partition coefficient (Wildman–Crippen LogP) is 2.51. The SMILES string of the molecule is Cc1cc(C)cc(C(O)CN2CCCN3CCCC3C2)c1. The largest absolute Gasteiger partial charge is 0.387 e. The number of β-amino-alcohol motifs (C(OH)–C–C–N with tert-alkyl or cyclic N) is 1. The van der Waals surface area contributed by atoms with Crippen LogP contribution in [0.5, 0.6) is 0 Å². The summed E-state index contributed by atoms with van der Waals surface area (Å²) in [6.45, 7) is 9.74. The molecular weight excluding hydrogens is 260 g/mol. The summed E-state index contributed by atoms with van der Waals surface area (Å²) >= 11 is 0. The summed E-state index contributed by atoms with van der Waals surface area (Å²) in [7, 11) is 0. The van der Waals surface area contributed by atoms with Crippen LogP contribution >= 0.6 is 0 Å². The van der Waals surface area contributed by atoms with Crippen molar-refractivity contribution in [1.82, 2.24) is 9.80 Å². The summed E-state index contributed by atoms with van der Waals surface area (Å²) in [6, 6.07) is 7.13. The minimum Gasteiger partial charge on any atom is -0.387 e. The zero-order valence-corrected chi connectivity index (χ0v) is 13.4. The van der Waals surface area contributed by atoms with Crippen molar-refractivity contribution in [2.75, 3.05) is 32.7 Å². The molecule has 2 aliphatic heterocycles. The lowest BCUT2D eigenvalue weighted by Crippen LogP contribution is -2.38. The zero-order valence-electron chi connectivity index (χ0n) is 13.4. The summed E-state index contributed by atoms with van der Waals surface area (Å²) in [6.07, 6.45) is 3.54. The summed E-state index contributed by atoms with van der Waals surface area (Å²) in [5.74, 6) is 0. The lowest BCUT2D eigenvalue weighted by Gasteiger charge is -2.27. The molecule has 1 aromatic carbocycles. The van der Waals surface area contributed by atoms with Crippen molar-refractivity contribution in [2.24, 2.45) is 0 Å². The normalized spacial score (nSPS) is 25.6. The summed E-state index contributed by atoms with van der Waals surface area (Å²) in [5, 5.41) is 10.6. The molecule has 0 bridgehead atoms. The van der Waals surface area contributed by atoms with Gasteiger partial charge in [-0.25, -0.2) is 0 Å². The molecule has 2 atom stereocenters. The summed E-state index contributed by atoms with van der Waals surface area (Å²) in [5.41, 5.74) is 3.55. The monoisotopic (exact) mass is 288 g/mol. The number of hydrogen-bond acceptors (Lipinski definition) is 3. The van der Waals surface area contributed by atoms with Gasteiger partial charge in [-0.3, -0.25) is 9.80 Å². The molecule has 116 valence electrons. The highest BCUT2D eigenvalue weighted by molar-refractivity contribution is 5.30.